The average molecular weight is 463 g/mol. The number of likely N-dealkylation sites (tertiary alicyclic amines) is 2. The highest BCUT2D eigenvalue weighted by Gasteiger charge is 2.32. The summed E-state index contributed by atoms with van der Waals surface area (Å²) in [4.78, 5) is 33.8. The molecule has 0 aliphatic carbocycles. The fourth-order valence-electron chi connectivity index (χ4n) is 4.23. The summed E-state index contributed by atoms with van der Waals surface area (Å²) in [5.41, 5.74) is 2.92. The minimum atomic E-state index is -0.0994. The Morgan fingerprint density at radius 1 is 1.09 bits per heavy atom. The molecule has 2 fully saturated rings. The molecule has 0 radical (unpaired) electrons. The normalized spacial score (nSPS) is 18.2. The van der Waals surface area contributed by atoms with E-state index in [1.165, 1.54) is 16.9 Å². The van der Waals surface area contributed by atoms with Gasteiger partial charge < -0.3 is 19.9 Å². The van der Waals surface area contributed by atoms with E-state index in [2.05, 4.69) is 10.3 Å². The number of benzene rings is 1. The summed E-state index contributed by atoms with van der Waals surface area (Å²) in [6, 6.07) is 13.3. The number of amides is 3. The van der Waals surface area contributed by atoms with Crippen molar-refractivity contribution in [3.05, 3.63) is 76.2 Å². The van der Waals surface area contributed by atoms with Crippen LogP contribution in [0.25, 0.3) is 0 Å². The molecule has 8 heteroatoms. The lowest BCUT2D eigenvalue weighted by molar-refractivity contribution is 0.0776. The van der Waals surface area contributed by atoms with Crippen LogP contribution in [0.2, 0.25) is 0 Å². The average Bonchev–Trinajstić information content (AvgIpc) is 3.43. The summed E-state index contributed by atoms with van der Waals surface area (Å²) in [5.74, 6) is 1.17. The van der Waals surface area contributed by atoms with Crippen molar-refractivity contribution in [2.45, 2.75) is 25.4 Å². The molecule has 1 atom stereocenters. The molecule has 170 valence electrons. The van der Waals surface area contributed by atoms with E-state index in [0.29, 0.717) is 32.1 Å². The van der Waals surface area contributed by atoms with Crippen molar-refractivity contribution in [3.8, 4) is 5.75 Å². The van der Waals surface area contributed by atoms with Crippen LogP contribution in [0.3, 0.4) is 0 Å². The molecule has 7 nitrogen and oxygen atoms in total. The number of aromatic nitrogens is 1. The number of nitrogens with one attached hydrogen (secondary N) is 1. The maximum atomic E-state index is 12.7. The van der Waals surface area contributed by atoms with Gasteiger partial charge >= 0.3 is 6.03 Å². The van der Waals surface area contributed by atoms with Gasteiger partial charge in [-0.15, -0.1) is 11.3 Å². The highest BCUT2D eigenvalue weighted by Crippen LogP contribution is 2.28. The molecule has 2 aromatic heterocycles. The second-order valence-electron chi connectivity index (χ2n) is 8.56. The number of rotatable bonds is 5. The lowest BCUT2D eigenvalue weighted by Gasteiger charge is -2.39. The summed E-state index contributed by atoms with van der Waals surface area (Å²) < 4.78 is 6.09. The second kappa shape index (κ2) is 9.23. The Morgan fingerprint density at radius 3 is 2.61 bits per heavy atom. The number of carbonyl (C=O) groups excluding carboxylic acids is 2. The quantitative estimate of drug-likeness (QED) is 0.611. The van der Waals surface area contributed by atoms with Crippen LogP contribution in [0.4, 0.5) is 10.5 Å². The largest absolute Gasteiger partial charge is 0.489 e. The molecule has 0 spiro atoms. The summed E-state index contributed by atoms with van der Waals surface area (Å²) in [6.45, 7) is 4.64. The number of hydrogen-bond donors (Lipinski definition) is 1. The SMILES string of the molecule is Cc1ccsc1C(=O)N1CCC(Oc2ccc(NC(=O)N3CC(c4cccnc4)C3)cc2)C1. The zero-order valence-electron chi connectivity index (χ0n) is 18.4. The maximum Gasteiger partial charge on any atom is 0.321 e. The molecule has 1 N–H and O–H groups in total. The van der Waals surface area contributed by atoms with Gasteiger partial charge in [0.1, 0.15) is 11.9 Å². The first-order valence-electron chi connectivity index (χ1n) is 11.1. The molecule has 2 aliphatic heterocycles. The molecule has 2 saturated heterocycles. The number of pyridine rings is 1. The van der Waals surface area contributed by atoms with Crippen molar-refractivity contribution in [2.24, 2.45) is 0 Å². The van der Waals surface area contributed by atoms with Crippen LogP contribution in [0.5, 0.6) is 5.75 Å². The first kappa shape index (κ1) is 21.5. The standard InChI is InChI=1S/C25H26N4O3S/c1-17-9-12-33-23(17)24(30)28-11-8-22(16-28)32-21-6-4-20(5-7-21)27-25(31)29-14-19(15-29)18-3-2-10-26-13-18/h2-7,9-10,12-13,19,22H,8,11,14-16H2,1H3,(H,27,31). The van der Waals surface area contributed by atoms with E-state index >= 15 is 0 Å². The Morgan fingerprint density at radius 2 is 1.91 bits per heavy atom. The summed E-state index contributed by atoms with van der Waals surface area (Å²) >= 11 is 1.49. The predicted molar refractivity (Wildman–Crippen MR) is 128 cm³/mol. The molecule has 3 amide bonds. The first-order valence-corrected chi connectivity index (χ1v) is 12.0. The van der Waals surface area contributed by atoms with Crippen molar-refractivity contribution in [2.75, 3.05) is 31.5 Å². The molecular formula is C25H26N4O3S. The topological polar surface area (TPSA) is 74.8 Å². The van der Waals surface area contributed by atoms with Gasteiger partial charge in [0, 0.05) is 50.1 Å². The molecule has 4 heterocycles. The van der Waals surface area contributed by atoms with Crippen molar-refractivity contribution in [1.29, 1.82) is 0 Å². The van der Waals surface area contributed by atoms with Gasteiger partial charge in [-0.05, 0) is 59.8 Å². The summed E-state index contributed by atoms with van der Waals surface area (Å²) in [6.07, 6.45) is 4.40. The van der Waals surface area contributed by atoms with E-state index < -0.39 is 0 Å². The van der Waals surface area contributed by atoms with Gasteiger partial charge in [0.25, 0.3) is 5.91 Å². The fraction of sp³-hybridized carbons (Fsp3) is 0.320. The van der Waals surface area contributed by atoms with E-state index in [9.17, 15) is 9.59 Å². The number of hydrogen-bond acceptors (Lipinski definition) is 5. The molecule has 1 aromatic carbocycles. The number of thiophene rings is 1. The number of nitrogens with zero attached hydrogens (tertiary/aromatic N) is 3. The third-order valence-corrected chi connectivity index (χ3v) is 7.23. The molecular weight excluding hydrogens is 436 g/mol. The van der Waals surface area contributed by atoms with Crippen LogP contribution in [-0.4, -0.2) is 59.0 Å². The highest BCUT2D eigenvalue weighted by molar-refractivity contribution is 7.12. The molecule has 0 saturated carbocycles. The van der Waals surface area contributed by atoms with Crippen LogP contribution < -0.4 is 10.1 Å². The Balaban J connectivity index is 1.09. The lowest BCUT2D eigenvalue weighted by atomic mass is 9.93. The molecule has 2 aliphatic rings. The number of urea groups is 1. The zero-order valence-corrected chi connectivity index (χ0v) is 19.3. The van der Waals surface area contributed by atoms with E-state index in [1.54, 1.807) is 11.1 Å². The van der Waals surface area contributed by atoms with Gasteiger partial charge in [-0.3, -0.25) is 9.78 Å². The van der Waals surface area contributed by atoms with Crippen molar-refractivity contribution in [1.82, 2.24) is 14.8 Å². The monoisotopic (exact) mass is 462 g/mol. The minimum absolute atomic E-state index is 0.0276. The summed E-state index contributed by atoms with van der Waals surface area (Å²) in [7, 11) is 0. The van der Waals surface area contributed by atoms with E-state index in [-0.39, 0.29) is 18.0 Å². The van der Waals surface area contributed by atoms with E-state index in [4.69, 9.17) is 4.74 Å². The number of carbonyl (C=O) groups is 2. The first-order chi connectivity index (χ1) is 16.1. The lowest BCUT2D eigenvalue weighted by Crippen LogP contribution is -2.50. The molecule has 1 unspecified atom stereocenters. The predicted octanol–water partition coefficient (Wildman–Crippen LogP) is 4.38. The van der Waals surface area contributed by atoms with Crippen molar-refractivity contribution < 1.29 is 14.3 Å². The van der Waals surface area contributed by atoms with Crippen LogP contribution in [0.15, 0.2) is 60.2 Å². The van der Waals surface area contributed by atoms with Gasteiger partial charge in [-0.1, -0.05) is 6.07 Å². The Labute approximate surface area is 197 Å². The van der Waals surface area contributed by atoms with E-state index in [1.807, 2.05) is 65.9 Å². The Hall–Kier alpha value is -3.39. The number of aryl methyl sites for hydroxylation is 1. The van der Waals surface area contributed by atoms with Gasteiger partial charge in [0.15, 0.2) is 0 Å². The third kappa shape index (κ3) is 4.71. The van der Waals surface area contributed by atoms with Crippen LogP contribution in [0.1, 0.15) is 33.1 Å². The second-order valence-corrected chi connectivity index (χ2v) is 9.47. The van der Waals surface area contributed by atoms with Gasteiger partial charge in [0.2, 0.25) is 0 Å². The van der Waals surface area contributed by atoms with Crippen molar-refractivity contribution >= 4 is 29.0 Å². The molecule has 5 rings (SSSR count). The number of ether oxygens (including phenoxy) is 1. The smallest absolute Gasteiger partial charge is 0.321 e. The van der Waals surface area contributed by atoms with Crippen LogP contribution >= 0.6 is 11.3 Å². The van der Waals surface area contributed by atoms with Crippen molar-refractivity contribution in [3.63, 3.8) is 0 Å². The fourth-order valence-corrected chi connectivity index (χ4v) is 5.12. The molecule has 33 heavy (non-hydrogen) atoms. The van der Waals surface area contributed by atoms with Crippen LogP contribution in [-0.2, 0) is 0 Å². The van der Waals surface area contributed by atoms with Crippen LogP contribution in [0, 0.1) is 6.92 Å². The number of anilines is 1. The minimum Gasteiger partial charge on any atom is -0.489 e. The van der Waals surface area contributed by atoms with E-state index in [0.717, 1.165) is 28.3 Å². The summed E-state index contributed by atoms with van der Waals surface area (Å²) in [5, 5.41) is 4.90. The third-order valence-electron chi connectivity index (χ3n) is 6.22. The Bertz CT molecular complexity index is 1130. The Kier molecular flexibility index (Phi) is 6.00. The maximum absolute atomic E-state index is 12.7. The molecule has 0 bridgehead atoms. The van der Waals surface area contributed by atoms with Gasteiger partial charge in [-0.2, -0.15) is 0 Å². The zero-order chi connectivity index (χ0) is 22.8. The van der Waals surface area contributed by atoms with Gasteiger partial charge in [-0.25, -0.2) is 4.79 Å². The molecule has 3 aromatic rings. The highest BCUT2D eigenvalue weighted by atomic mass is 32.1. The van der Waals surface area contributed by atoms with Gasteiger partial charge in [0.05, 0.1) is 11.4 Å².